The van der Waals surface area contributed by atoms with Crippen molar-refractivity contribution in [1.82, 2.24) is 5.32 Å². The molecule has 4 nitrogen and oxygen atoms in total. The van der Waals surface area contributed by atoms with Crippen LogP contribution in [0.2, 0.25) is 0 Å². The smallest absolute Gasteiger partial charge is 0.188 e. The number of hydrogen-bond acceptors (Lipinski definition) is 2. The summed E-state index contributed by atoms with van der Waals surface area (Å²) in [7, 11) is 0. The van der Waals surface area contributed by atoms with E-state index in [9.17, 15) is 8.78 Å². The molecule has 0 spiro atoms. The minimum Gasteiger partial charge on any atom is -0.489 e. The molecule has 1 aromatic carbocycles. The van der Waals surface area contributed by atoms with E-state index in [0.29, 0.717) is 18.4 Å². The Hall–Kier alpha value is -1.85. The first-order chi connectivity index (χ1) is 9.65. The average molecular weight is 283 g/mol. The van der Waals surface area contributed by atoms with E-state index in [1.165, 1.54) is 25.3 Å². The Kier molecular flexibility index (Phi) is 5.15. The maximum atomic E-state index is 13.3. The lowest BCUT2D eigenvalue weighted by Crippen LogP contribution is -2.35. The first-order valence-electron chi connectivity index (χ1n) is 6.77. The largest absolute Gasteiger partial charge is 0.489 e. The van der Waals surface area contributed by atoms with Gasteiger partial charge in [-0.25, -0.2) is 8.78 Å². The van der Waals surface area contributed by atoms with Crippen molar-refractivity contribution in [2.75, 3.05) is 19.7 Å². The molecule has 1 aromatic rings. The highest BCUT2D eigenvalue weighted by molar-refractivity contribution is 5.77. The zero-order valence-corrected chi connectivity index (χ0v) is 11.2. The number of rotatable bonds is 6. The lowest BCUT2D eigenvalue weighted by atomic mass is 9.86. The molecule has 3 N–H and O–H groups in total. The third-order valence-corrected chi connectivity index (χ3v) is 3.30. The van der Waals surface area contributed by atoms with Gasteiger partial charge in [0.25, 0.3) is 0 Å². The quantitative estimate of drug-likeness (QED) is 0.477. The second-order valence-corrected chi connectivity index (χ2v) is 4.87. The molecule has 0 amide bonds. The van der Waals surface area contributed by atoms with E-state index in [1.807, 2.05) is 0 Å². The third-order valence-electron chi connectivity index (χ3n) is 3.30. The SMILES string of the molecule is NC(=NCC1CCC1)NCCOc1ccc(F)cc1F. The Labute approximate surface area is 117 Å². The van der Waals surface area contributed by atoms with Gasteiger partial charge >= 0.3 is 0 Å². The van der Waals surface area contributed by atoms with Crippen molar-refractivity contribution in [2.24, 2.45) is 16.6 Å². The number of nitrogens with one attached hydrogen (secondary N) is 1. The van der Waals surface area contributed by atoms with E-state index in [4.69, 9.17) is 10.5 Å². The average Bonchev–Trinajstić information content (AvgIpc) is 2.35. The minimum absolute atomic E-state index is 0.0261. The highest BCUT2D eigenvalue weighted by atomic mass is 19.1. The standard InChI is InChI=1S/C14H19F2N3O/c15-11-4-5-13(12(16)8-11)20-7-6-18-14(17)19-9-10-2-1-3-10/h4-5,8,10H,1-3,6-7,9H2,(H3,17,18,19). The molecule has 1 fully saturated rings. The van der Waals surface area contributed by atoms with Gasteiger partial charge in [0.1, 0.15) is 12.4 Å². The summed E-state index contributed by atoms with van der Waals surface area (Å²) in [4.78, 5) is 4.22. The van der Waals surface area contributed by atoms with Crippen molar-refractivity contribution in [3.63, 3.8) is 0 Å². The molecule has 110 valence electrons. The number of ether oxygens (including phenoxy) is 1. The third kappa shape index (κ3) is 4.36. The van der Waals surface area contributed by atoms with Gasteiger partial charge in [-0.3, -0.25) is 4.99 Å². The van der Waals surface area contributed by atoms with E-state index < -0.39 is 11.6 Å². The summed E-state index contributed by atoms with van der Waals surface area (Å²) in [6, 6.07) is 3.20. The molecular formula is C14H19F2N3O. The van der Waals surface area contributed by atoms with Gasteiger partial charge in [0.05, 0.1) is 6.54 Å². The van der Waals surface area contributed by atoms with E-state index in [-0.39, 0.29) is 12.4 Å². The van der Waals surface area contributed by atoms with Gasteiger partial charge in [0, 0.05) is 12.6 Å². The summed E-state index contributed by atoms with van der Waals surface area (Å²) < 4.78 is 31.1. The Balaban J connectivity index is 1.65. The maximum absolute atomic E-state index is 13.3. The molecule has 0 bridgehead atoms. The van der Waals surface area contributed by atoms with Crippen LogP contribution < -0.4 is 15.8 Å². The van der Waals surface area contributed by atoms with Crippen LogP contribution in [-0.4, -0.2) is 25.7 Å². The van der Waals surface area contributed by atoms with Gasteiger partial charge in [0.2, 0.25) is 0 Å². The molecule has 0 aliphatic heterocycles. The van der Waals surface area contributed by atoms with Gasteiger partial charge in [-0.15, -0.1) is 0 Å². The van der Waals surface area contributed by atoms with Crippen LogP contribution in [0.15, 0.2) is 23.2 Å². The molecule has 6 heteroatoms. The van der Waals surface area contributed by atoms with Crippen molar-refractivity contribution >= 4 is 5.96 Å². The van der Waals surface area contributed by atoms with Crippen LogP contribution >= 0.6 is 0 Å². The van der Waals surface area contributed by atoms with Crippen molar-refractivity contribution < 1.29 is 13.5 Å². The molecule has 0 heterocycles. The number of benzene rings is 1. The fourth-order valence-corrected chi connectivity index (χ4v) is 1.89. The predicted octanol–water partition coefficient (Wildman–Crippen LogP) is 2.05. The second-order valence-electron chi connectivity index (χ2n) is 4.87. The molecule has 1 aliphatic rings. The zero-order valence-electron chi connectivity index (χ0n) is 11.2. The highest BCUT2D eigenvalue weighted by Crippen LogP contribution is 2.26. The summed E-state index contributed by atoms with van der Waals surface area (Å²) in [5.74, 6) is -0.268. The van der Waals surface area contributed by atoms with Crippen LogP contribution in [0.5, 0.6) is 5.75 Å². The summed E-state index contributed by atoms with van der Waals surface area (Å²) in [5, 5.41) is 2.89. The van der Waals surface area contributed by atoms with Crippen molar-refractivity contribution in [1.29, 1.82) is 0 Å². The highest BCUT2D eigenvalue weighted by Gasteiger charge is 2.16. The molecule has 0 saturated heterocycles. The van der Waals surface area contributed by atoms with Crippen LogP contribution in [-0.2, 0) is 0 Å². The van der Waals surface area contributed by atoms with Gasteiger partial charge in [-0.2, -0.15) is 0 Å². The van der Waals surface area contributed by atoms with Gasteiger partial charge < -0.3 is 15.8 Å². The summed E-state index contributed by atoms with van der Waals surface area (Å²) in [5.41, 5.74) is 5.69. The van der Waals surface area contributed by atoms with E-state index in [1.54, 1.807) is 0 Å². The number of aliphatic imine (C=N–C) groups is 1. The summed E-state index contributed by atoms with van der Waals surface area (Å²) in [6.07, 6.45) is 3.73. The maximum Gasteiger partial charge on any atom is 0.188 e. The molecule has 1 aliphatic carbocycles. The fourth-order valence-electron chi connectivity index (χ4n) is 1.89. The van der Waals surface area contributed by atoms with Gasteiger partial charge in [-0.1, -0.05) is 6.42 Å². The Morgan fingerprint density at radius 1 is 1.40 bits per heavy atom. The predicted molar refractivity (Wildman–Crippen MR) is 73.7 cm³/mol. The molecule has 2 rings (SSSR count). The minimum atomic E-state index is -0.711. The Bertz CT molecular complexity index is 475. The Morgan fingerprint density at radius 2 is 2.20 bits per heavy atom. The van der Waals surface area contributed by atoms with E-state index >= 15 is 0 Å². The molecule has 0 unspecified atom stereocenters. The first-order valence-corrected chi connectivity index (χ1v) is 6.77. The summed E-state index contributed by atoms with van der Waals surface area (Å²) in [6.45, 7) is 1.39. The molecule has 0 radical (unpaired) electrons. The van der Waals surface area contributed by atoms with Crippen molar-refractivity contribution in [2.45, 2.75) is 19.3 Å². The number of nitrogens with two attached hydrogens (primary N) is 1. The molecule has 1 saturated carbocycles. The van der Waals surface area contributed by atoms with Gasteiger partial charge in [-0.05, 0) is 30.9 Å². The number of halogens is 2. The van der Waals surface area contributed by atoms with Crippen LogP contribution in [0, 0.1) is 17.6 Å². The lowest BCUT2D eigenvalue weighted by Gasteiger charge is -2.23. The summed E-state index contributed by atoms with van der Waals surface area (Å²) >= 11 is 0. The van der Waals surface area contributed by atoms with Crippen LogP contribution in [0.1, 0.15) is 19.3 Å². The van der Waals surface area contributed by atoms with Crippen molar-refractivity contribution in [3.8, 4) is 5.75 Å². The van der Waals surface area contributed by atoms with Crippen LogP contribution in [0.25, 0.3) is 0 Å². The zero-order chi connectivity index (χ0) is 14.4. The van der Waals surface area contributed by atoms with E-state index in [0.717, 1.165) is 18.7 Å². The molecular weight excluding hydrogens is 264 g/mol. The Morgan fingerprint density at radius 3 is 2.85 bits per heavy atom. The molecule has 0 atom stereocenters. The number of guanidine groups is 1. The first kappa shape index (κ1) is 14.6. The number of nitrogens with zero attached hydrogens (tertiary/aromatic N) is 1. The van der Waals surface area contributed by atoms with Crippen LogP contribution in [0.3, 0.4) is 0 Å². The monoisotopic (exact) mass is 283 g/mol. The van der Waals surface area contributed by atoms with Crippen molar-refractivity contribution in [3.05, 3.63) is 29.8 Å². The van der Waals surface area contributed by atoms with Crippen LogP contribution in [0.4, 0.5) is 8.78 Å². The normalized spacial score (nSPS) is 15.8. The lowest BCUT2D eigenvalue weighted by molar-refractivity contribution is 0.304. The fraction of sp³-hybridized carbons (Fsp3) is 0.500. The topological polar surface area (TPSA) is 59.6 Å². The van der Waals surface area contributed by atoms with E-state index in [2.05, 4.69) is 10.3 Å². The molecule has 0 aromatic heterocycles. The second kappa shape index (κ2) is 7.07. The van der Waals surface area contributed by atoms with Gasteiger partial charge in [0.15, 0.2) is 17.5 Å². The number of hydrogen-bond donors (Lipinski definition) is 2. The molecule has 20 heavy (non-hydrogen) atoms.